The summed E-state index contributed by atoms with van der Waals surface area (Å²) in [5.74, 6) is 0.674. The average molecular weight is 234 g/mol. The van der Waals surface area contributed by atoms with Crippen molar-refractivity contribution in [1.82, 2.24) is 0 Å². The fourth-order valence-corrected chi connectivity index (χ4v) is 2.78. The van der Waals surface area contributed by atoms with Crippen LogP contribution in [-0.2, 0) is 11.3 Å². The molecule has 1 N–H and O–H groups in total. The Kier molecular flexibility index (Phi) is 4.19. The molecule has 1 fully saturated rings. The molecule has 1 saturated carbocycles. The standard InChI is InChI=1S/C15H22O2/c1-11-9-13(3-4-14(11)10-16)12-5-7-15(17-2)8-6-12/h3-4,9,12,15-16H,5-8,10H2,1-2H3. The number of aryl methyl sites for hydroxylation is 1. The van der Waals surface area contributed by atoms with Crippen molar-refractivity contribution in [3.63, 3.8) is 0 Å². The normalized spacial score (nSPS) is 24.9. The highest BCUT2D eigenvalue weighted by Crippen LogP contribution is 2.34. The minimum atomic E-state index is 0.141. The van der Waals surface area contributed by atoms with Gasteiger partial charge in [-0.2, -0.15) is 0 Å². The van der Waals surface area contributed by atoms with Gasteiger partial charge in [-0.25, -0.2) is 0 Å². The summed E-state index contributed by atoms with van der Waals surface area (Å²) in [5.41, 5.74) is 3.67. The number of benzene rings is 1. The molecule has 2 heteroatoms. The first-order valence-electron chi connectivity index (χ1n) is 6.47. The number of aliphatic hydroxyl groups excluding tert-OH is 1. The minimum Gasteiger partial charge on any atom is -0.392 e. The monoisotopic (exact) mass is 234 g/mol. The van der Waals surface area contributed by atoms with Crippen molar-refractivity contribution < 1.29 is 9.84 Å². The highest BCUT2D eigenvalue weighted by molar-refractivity contribution is 5.32. The lowest BCUT2D eigenvalue weighted by Crippen LogP contribution is -2.19. The molecule has 0 amide bonds. The predicted molar refractivity (Wildman–Crippen MR) is 69.1 cm³/mol. The molecule has 2 nitrogen and oxygen atoms in total. The topological polar surface area (TPSA) is 29.5 Å². The number of ether oxygens (including phenoxy) is 1. The lowest BCUT2D eigenvalue weighted by atomic mass is 9.82. The van der Waals surface area contributed by atoms with Crippen molar-refractivity contribution >= 4 is 0 Å². The highest BCUT2D eigenvalue weighted by atomic mass is 16.5. The maximum atomic E-state index is 9.17. The third-order valence-electron chi connectivity index (χ3n) is 4.02. The van der Waals surface area contributed by atoms with Crippen molar-refractivity contribution in [3.8, 4) is 0 Å². The Hall–Kier alpha value is -0.860. The predicted octanol–water partition coefficient (Wildman–Crippen LogP) is 3.16. The maximum absolute atomic E-state index is 9.17. The van der Waals surface area contributed by atoms with Crippen LogP contribution in [0.4, 0.5) is 0 Å². The van der Waals surface area contributed by atoms with Crippen LogP contribution in [0.15, 0.2) is 18.2 Å². The first kappa shape index (κ1) is 12.6. The van der Waals surface area contributed by atoms with E-state index in [9.17, 15) is 0 Å². The zero-order chi connectivity index (χ0) is 12.3. The Morgan fingerprint density at radius 1 is 1.24 bits per heavy atom. The zero-order valence-electron chi connectivity index (χ0n) is 10.8. The maximum Gasteiger partial charge on any atom is 0.0684 e. The summed E-state index contributed by atoms with van der Waals surface area (Å²) in [6, 6.07) is 6.48. The molecule has 94 valence electrons. The molecule has 0 heterocycles. The number of rotatable bonds is 3. The lowest BCUT2D eigenvalue weighted by Gasteiger charge is -2.28. The van der Waals surface area contributed by atoms with Gasteiger partial charge in [-0.1, -0.05) is 18.2 Å². The second-order valence-electron chi connectivity index (χ2n) is 5.05. The van der Waals surface area contributed by atoms with E-state index in [4.69, 9.17) is 9.84 Å². The molecule has 1 aromatic carbocycles. The van der Waals surface area contributed by atoms with Gasteiger partial charge in [-0.3, -0.25) is 0 Å². The van der Waals surface area contributed by atoms with Crippen LogP contribution in [0.25, 0.3) is 0 Å². The number of aliphatic hydroxyl groups is 1. The molecule has 0 aliphatic heterocycles. The van der Waals surface area contributed by atoms with Gasteiger partial charge in [0, 0.05) is 7.11 Å². The third-order valence-corrected chi connectivity index (χ3v) is 4.02. The minimum absolute atomic E-state index is 0.141. The number of methoxy groups -OCH3 is 1. The van der Waals surface area contributed by atoms with E-state index in [-0.39, 0.29) is 6.61 Å². The average Bonchev–Trinajstić information content (AvgIpc) is 2.39. The molecular formula is C15H22O2. The second kappa shape index (κ2) is 5.65. The van der Waals surface area contributed by atoms with E-state index in [1.807, 2.05) is 7.11 Å². The lowest BCUT2D eigenvalue weighted by molar-refractivity contribution is 0.0658. The Morgan fingerprint density at radius 3 is 2.47 bits per heavy atom. The molecule has 0 atom stereocenters. The summed E-state index contributed by atoms with van der Waals surface area (Å²) in [7, 11) is 1.81. The van der Waals surface area contributed by atoms with Gasteiger partial charge in [0.25, 0.3) is 0 Å². The zero-order valence-corrected chi connectivity index (χ0v) is 10.8. The Balaban J connectivity index is 2.06. The van der Waals surface area contributed by atoms with Crippen molar-refractivity contribution in [2.75, 3.05) is 7.11 Å². The molecule has 17 heavy (non-hydrogen) atoms. The van der Waals surface area contributed by atoms with Gasteiger partial charge < -0.3 is 9.84 Å². The molecule has 1 aromatic rings. The Bertz CT molecular complexity index is 365. The third kappa shape index (κ3) is 2.88. The van der Waals surface area contributed by atoms with Crippen LogP contribution in [0.5, 0.6) is 0 Å². The molecule has 2 rings (SSSR count). The highest BCUT2D eigenvalue weighted by Gasteiger charge is 2.22. The molecule has 1 aliphatic carbocycles. The number of hydrogen-bond donors (Lipinski definition) is 1. The van der Waals surface area contributed by atoms with Crippen molar-refractivity contribution in [3.05, 3.63) is 34.9 Å². The molecule has 0 saturated heterocycles. The Labute approximate surface area is 104 Å². The summed E-state index contributed by atoms with van der Waals surface area (Å²) < 4.78 is 5.40. The van der Waals surface area contributed by atoms with Gasteiger partial charge in [0.2, 0.25) is 0 Å². The van der Waals surface area contributed by atoms with E-state index < -0.39 is 0 Å². The SMILES string of the molecule is COC1CCC(c2ccc(CO)c(C)c2)CC1. The van der Waals surface area contributed by atoms with E-state index in [1.54, 1.807) is 0 Å². The summed E-state index contributed by atoms with van der Waals surface area (Å²) in [6.07, 6.45) is 5.24. The summed E-state index contributed by atoms with van der Waals surface area (Å²) in [4.78, 5) is 0. The number of hydrogen-bond acceptors (Lipinski definition) is 2. The van der Waals surface area contributed by atoms with E-state index in [1.165, 1.54) is 36.8 Å². The first-order chi connectivity index (χ1) is 8.24. The summed E-state index contributed by atoms with van der Waals surface area (Å²) in [6.45, 7) is 2.22. The van der Waals surface area contributed by atoms with E-state index in [0.717, 1.165) is 5.56 Å². The van der Waals surface area contributed by atoms with E-state index in [0.29, 0.717) is 12.0 Å². The van der Waals surface area contributed by atoms with Gasteiger partial charge in [-0.15, -0.1) is 0 Å². The van der Waals surface area contributed by atoms with Crippen LogP contribution in [0.1, 0.15) is 48.3 Å². The molecule has 1 aliphatic rings. The van der Waals surface area contributed by atoms with Crippen LogP contribution in [0, 0.1) is 6.92 Å². The van der Waals surface area contributed by atoms with Crippen LogP contribution in [-0.4, -0.2) is 18.3 Å². The molecule has 0 aromatic heterocycles. The van der Waals surface area contributed by atoms with Crippen LogP contribution < -0.4 is 0 Å². The van der Waals surface area contributed by atoms with E-state index in [2.05, 4.69) is 25.1 Å². The largest absolute Gasteiger partial charge is 0.392 e. The molecule has 0 unspecified atom stereocenters. The molecule has 0 bridgehead atoms. The van der Waals surface area contributed by atoms with Gasteiger partial charge in [0.15, 0.2) is 0 Å². The van der Waals surface area contributed by atoms with Gasteiger partial charge in [0.1, 0.15) is 0 Å². The van der Waals surface area contributed by atoms with Crippen LogP contribution >= 0.6 is 0 Å². The summed E-state index contributed by atoms with van der Waals surface area (Å²) in [5, 5.41) is 9.17. The van der Waals surface area contributed by atoms with Crippen molar-refractivity contribution in [2.45, 2.75) is 51.2 Å². The quantitative estimate of drug-likeness (QED) is 0.870. The van der Waals surface area contributed by atoms with Gasteiger partial charge in [0.05, 0.1) is 12.7 Å². The van der Waals surface area contributed by atoms with Gasteiger partial charge in [-0.05, 0) is 55.2 Å². The van der Waals surface area contributed by atoms with Crippen molar-refractivity contribution in [1.29, 1.82) is 0 Å². The van der Waals surface area contributed by atoms with Crippen LogP contribution in [0.3, 0.4) is 0 Å². The molecule has 0 radical (unpaired) electrons. The molecule has 0 spiro atoms. The fraction of sp³-hybridized carbons (Fsp3) is 0.600. The second-order valence-corrected chi connectivity index (χ2v) is 5.05. The smallest absolute Gasteiger partial charge is 0.0684 e. The van der Waals surface area contributed by atoms with E-state index >= 15 is 0 Å². The first-order valence-corrected chi connectivity index (χ1v) is 6.47. The van der Waals surface area contributed by atoms with Gasteiger partial charge >= 0.3 is 0 Å². The van der Waals surface area contributed by atoms with Crippen molar-refractivity contribution in [2.24, 2.45) is 0 Å². The molecular weight excluding hydrogens is 212 g/mol. The van der Waals surface area contributed by atoms with Crippen LogP contribution in [0.2, 0.25) is 0 Å². The Morgan fingerprint density at radius 2 is 1.94 bits per heavy atom. The summed E-state index contributed by atoms with van der Waals surface area (Å²) >= 11 is 0. The fourth-order valence-electron chi connectivity index (χ4n) is 2.78.